The Morgan fingerprint density at radius 2 is 2.27 bits per heavy atom. The first-order valence-corrected chi connectivity index (χ1v) is 6.79. The molecule has 1 heterocycles. The van der Waals surface area contributed by atoms with E-state index in [0.717, 1.165) is 12.8 Å². The smallest absolute Gasteiger partial charge is 0.271 e. The highest BCUT2D eigenvalue weighted by Gasteiger charge is 2.19. The standard InChI is InChI=1S/C14H15N5O3/c1-3-4-5-12-11(9-15)16-17-18(12)13-8-10(19(20)21)6-7-14(13)22-2/h6-8H,3-5H2,1-2H3. The number of nitro groups is 1. The fraction of sp³-hybridized carbons (Fsp3) is 0.357. The predicted molar refractivity (Wildman–Crippen MR) is 77.9 cm³/mol. The molecule has 0 saturated carbocycles. The van der Waals surface area contributed by atoms with Crippen LogP contribution in [0, 0.1) is 21.4 Å². The third-order valence-corrected chi connectivity index (χ3v) is 3.24. The van der Waals surface area contributed by atoms with Crippen molar-refractivity contribution < 1.29 is 9.66 Å². The van der Waals surface area contributed by atoms with E-state index in [9.17, 15) is 10.1 Å². The summed E-state index contributed by atoms with van der Waals surface area (Å²) in [6.07, 6.45) is 2.42. The third-order valence-electron chi connectivity index (χ3n) is 3.24. The summed E-state index contributed by atoms with van der Waals surface area (Å²) in [6, 6.07) is 6.23. The number of hydrogen-bond donors (Lipinski definition) is 0. The zero-order valence-corrected chi connectivity index (χ0v) is 12.3. The molecular weight excluding hydrogens is 286 g/mol. The average molecular weight is 301 g/mol. The van der Waals surface area contributed by atoms with Gasteiger partial charge in [-0.25, -0.2) is 4.68 Å². The normalized spacial score (nSPS) is 10.2. The number of nitrogens with zero attached hydrogens (tertiary/aromatic N) is 5. The minimum atomic E-state index is -0.489. The van der Waals surface area contributed by atoms with Crippen LogP contribution in [0.3, 0.4) is 0 Å². The SMILES string of the molecule is CCCCc1c(C#N)nnn1-c1cc([N+](=O)[O-])ccc1OC. The Balaban J connectivity index is 2.60. The van der Waals surface area contributed by atoms with Crippen LogP contribution in [0.2, 0.25) is 0 Å². The highest BCUT2D eigenvalue weighted by atomic mass is 16.6. The van der Waals surface area contributed by atoms with E-state index >= 15 is 0 Å². The minimum Gasteiger partial charge on any atom is -0.494 e. The molecule has 8 nitrogen and oxygen atoms in total. The van der Waals surface area contributed by atoms with Gasteiger partial charge in [-0.2, -0.15) is 5.26 Å². The fourth-order valence-corrected chi connectivity index (χ4v) is 2.11. The molecule has 0 bridgehead atoms. The molecule has 0 atom stereocenters. The number of methoxy groups -OCH3 is 1. The minimum absolute atomic E-state index is 0.0775. The molecule has 0 unspecified atom stereocenters. The van der Waals surface area contributed by atoms with Crippen molar-refractivity contribution in [3.63, 3.8) is 0 Å². The van der Waals surface area contributed by atoms with Crippen LogP contribution < -0.4 is 4.74 Å². The van der Waals surface area contributed by atoms with Gasteiger partial charge in [-0.1, -0.05) is 18.6 Å². The van der Waals surface area contributed by atoms with Crippen molar-refractivity contribution in [1.82, 2.24) is 15.0 Å². The average Bonchev–Trinajstić information content (AvgIpc) is 2.94. The molecule has 2 aromatic rings. The Labute approximate surface area is 127 Å². The zero-order valence-electron chi connectivity index (χ0n) is 12.3. The van der Waals surface area contributed by atoms with Crippen molar-refractivity contribution >= 4 is 5.69 Å². The van der Waals surface area contributed by atoms with Crippen molar-refractivity contribution in [2.24, 2.45) is 0 Å². The van der Waals surface area contributed by atoms with Crippen LogP contribution in [0.5, 0.6) is 5.75 Å². The maximum Gasteiger partial charge on any atom is 0.271 e. The van der Waals surface area contributed by atoms with Crippen molar-refractivity contribution in [2.75, 3.05) is 7.11 Å². The molecule has 0 fully saturated rings. The van der Waals surface area contributed by atoms with Crippen LogP contribution >= 0.6 is 0 Å². The lowest BCUT2D eigenvalue weighted by molar-refractivity contribution is -0.384. The van der Waals surface area contributed by atoms with Crippen molar-refractivity contribution in [3.8, 4) is 17.5 Å². The quantitative estimate of drug-likeness (QED) is 0.599. The van der Waals surface area contributed by atoms with E-state index < -0.39 is 4.92 Å². The lowest BCUT2D eigenvalue weighted by atomic mass is 10.1. The molecule has 2 rings (SSSR count). The molecule has 0 aliphatic rings. The second-order valence-corrected chi connectivity index (χ2v) is 4.63. The number of benzene rings is 1. The topological polar surface area (TPSA) is 107 Å². The van der Waals surface area contributed by atoms with Gasteiger partial charge in [-0.3, -0.25) is 10.1 Å². The largest absolute Gasteiger partial charge is 0.494 e. The number of rotatable bonds is 6. The molecule has 0 aliphatic carbocycles. The van der Waals surface area contributed by atoms with Gasteiger partial charge in [0.15, 0.2) is 5.69 Å². The first kappa shape index (κ1) is 15.4. The highest BCUT2D eigenvalue weighted by Crippen LogP contribution is 2.28. The molecule has 8 heteroatoms. The van der Waals surface area contributed by atoms with Crippen molar-refractivity contribution in [2.45, 2.75) is 26.2 Å². The molecule has 0 aliphatic heterocycles. The summed E-state index contributed by atoms with van der Waals surface area (Å²) >= 11 is 0. The van der Waals surface area contributed by atoms with Gasteiger partial charge in [0.1, 0.15) is 17.5 Å². The Bertz CT molecular complexity index is 733. The van der Waals surface area contributed by atoms with Crippen LogP contribution in [0.15, 0.2) is 18.2 Å². The molecule has 0 saturated heterocycles. The monoisotopic (exact) mass is 301 g/mol. The molecule has 1 aromatic carbocycles. The lowest BCUT2D eigenvalue weighted by Crippen LogP contribution is -2.06. The van der Waals surface area contributed by atoms with E-state index in [4.69, 9.17) is 10.00 Å². The number of ether oxygens (including phenoxy) is 1. The summed E-state index contributed by atoms with van der Waals surface area (Å²) in [7, 11) is 1.47. The summed E-state index contributed by atoms with van der Waals surface area (Å²) < 4.78 is 6.69. The van der Waals surface area contributed by atoms with Gasteiger partial charge in [0.2, 0.25) is 0 Å². The predicted octanol–water partition coefficient (Wildman–Crippen LogP) is 2.40. The van der Waals surface area contributed by atoms with E-state index in [-0.39, 0.29) is 11.4 Å². The second-order valence-electron chi connectivity index (χ2n) is 4.63. The van der Waals surface area contributed by atoms with E-state index in [1.54, 1.807) is 0 Å². The number of aromatic nitrogens is 3. The Morgan fingerprint density at radius 1 is 1.50 bits per heavy atom. The van der Waals surface area contributed by atoms with Gasteiger partial charge in [0, 0.05) is 12.1 Å². The molecule has 0 amide bonds. The van der Waals surface area contributed by atoms with E-state index in [1.807, 2.05) is 13.0 Å². The van der Waals surface area contributed by atoms with Crippen LogP contribution in [0.4, 0.5) is 5.69 Å². The molecular formula is C14H15N5O3. The molecule has 0 N–H and O–H groups in total. The highest BCUT2D eigenvalue weighted by molar-refractivity contribution is 5.54. The summed E-state index contributed by atoms with van der Waals surface area (Å²) in [5.74, 6) is 0.428. The number of unbranched alkanes of at least 4 members (excludes halogenated alkanes) is 1. The molecule has 1 aromatic heterocycles. The summed E-state index contributed by atoms with van der Waals surface area (Å²) in [5.41, 5.74) is 1.17. The molecule has 0 spiro atoms. The Kier molecular flexibility index (Phi) is 4.68. The molecule has 114 valence electrons. The van der Waals surface area contributed by atoms with E-state index in [0.29, 0.717) is 23.6 Å². The Hall–Kier alpha value is -2.95. The zero-order chi connectivity index (χ0) is 16.1. The van der Waals surface area contributed by atoms with Crippen LogP contribution in [0.1, 0.15) is 31.2 Å². The number of non-ortho nitro benzene ring substituents is 1. The molecule has 0 radical (unpaired) electrons. The summed E-state index contributed by atoms with van der Waals surface area (Å²) in [6.45, 7) is 2.04. The van der Waals surface area contributed by atoms with Gasteiger partial charge in [0.25, 0.3) is 5.69 Å². The summed E-state index contributed by atoms with van der Waals surface area (Å²) in [5, 5.41) is 27.9. The van der Waals surface area contributed by atoms with E-state index in [1.165, 1.54) is 30.0 Å². The van der Waals surface area contributed by atoms with Gasteiger partial charge in [-0.05, 0) is 18.9 Å². The number of nitriles is 1. The number of hydrogen-bond acceptors (Lipinski definition) is 6. The lowest BCUT2D eigenvalue weighted by Gasteiger charge is -2.10. The van der Waals surface area contributed by atoms with Crippen LogP contribution in [0.25, 0.3) is 5.69 Å². The third kappa shape index (κ3) is 2.88. The maximum absolute atomic E-state index is 11.0. The Morgan fingerprint density at radius 3 is 2.86 bits per heavy atom. The van der Waals surface area contributed by atoms with Crippen molar-refractivity contribution in [1.29, 1.82) is 5.26 Å². The van der Waals surface area contributed by atoms with Gasteiger partial charge >= 0.3 is 0 Å². The maximum atomic E-state index is 11.0. The van der Waals surface area contributed by atoms with Crippen molar-refractivity contribution in [3.05, 3.63) is 39.7 Å². The first-order valence-electron chi connectivity index (χ1n) is 6.79. The van der Waals surface area contributed by atoms with Crippen LogP contribution in [-0.2, 0) is 6.42 Å². The van der Waals surface area contributed by atoms with Gasteiger partial charge in [-0.15, -0.1) is 5.10 Å². The number of nitro benzene ring substituents is 1. The van der Waals surface area contributed by atoms with E-state index in [2.05, 4.69) is 10.3 Å². The van der Waals surface area contributed by atoms with Gasteiger partial charge < -0.3 is 4.74 Å². The van der Waals surface area contributed by atoms with Gasteiger partial charge in [0.05, 0.1) is 17.7 Å². The molecule has 22 heavy (non-hydrogen) atoms. The summed E-state index contributed by atoms with van der Waals surface area (Å²) in [4.78, 5) is 10.5. The fourth-order valence-electron chi connectivity index (χ4n) is 2.11. The first-order chi connectivity index (χ1) is 10.6. The second kappa shape index (κ2) is 6.67. The van der Waals surface area contributed by atoms with Crippen LogP contribution in [-0.4, -0.2) is 27.0 Å².